The van der Waals surface area contributed by atoms with Crippen molar-refractivity contribution in [3.8, 4) is 0 Å². The van der Waals surface area contributed by atoms with Crippen molar-refractivity contribution in [2.75, 3.05) is 19.6 Å². The predicted octanol–water partition coefficient (Wildman–Crippen LogP) is 1.30. The highest BCUT2D eigenvalue weighted by molar-refractivity contribution is 5.73. The van der Waals surface area contributed by atoms with Crippen LogP contribution < -0.4 is 10.6 Å². The van der Waals surface area contributed by atoms with Crippen LogP contribution in [0.25, 0.3) is 0 Å². The van der Waals surface area contributed by atoms with Gasteiger partial charge in [0.2, 0.25) is 0 Å². The maximum absolute atomic E-state index is 11.8. The van der Waals surface area contributed by atoms with Crippen molar-refractivity contribution in [3.63, 3.8) is 0 Å². The molecule has 3 N–H and O–H groups in total. The first-order valence-corrected chi connectivity index (χ1v) is 8.58. The number of urea groups is 1. The van der Waals surface area contributed by atoms with Gasteiger partial charge in [0.1, 0.15) is 0 Å². The molecule has 25 heavy (non-hydrogen) atoms. The number of pyridine rings is 1. The monoisotopic (exact) mass is 340 g/mol. The summed E-state index contributed by atoms with van der Waals surface area (Å²) in [6.45, 7) is 2.98. The van der Waals surface area contributed by atoms with Crippen LogP contribution in [0.4, 0.5) is 4.79 Å². The molecule has 0 saturated heterocycles. The molecule has 0 radical (unpaired) electrons. The second-order valence-corrected chi connectivity index (χ2v) is 6.33. The van der Waals surface area contributed by atoms with Crippen molar-refractivity contribution < 1.29 is 9.90 Å². The van der Waals surface area contributed by atoms with Gasteiger partial charge in [-0.3, -0.25) is 9.88 Å². The van der Waals surface area contributed by atoms with Crippen molar-refractivity contribution >= 4 is 6.03 Å². The van der Waals surface area contributed by atoms with E-state index in [9.17, 15) is 9.90 Å². The molecule has 3 rings (SSSR count). The number of amides is 2. The van der Waals surface area contributed by atoms with Crippen LogP contribution in [0.5, 0.6) is 0 Å². The average Bonchev–Trinajstić information content (AvgIpc) is 2.65. The van der Waals surface area contributed by atoms with E-state index in [0.717, 1.165) is 25.1 Å². The van der Waals surface area contributed by atoms with Crippen LogP contribution in [0, 0.1) is 0 Å². The molecular weight excluding hydrogens is 316 g/mol. The second-order valence-electron chi connectivity index (χ2n) is 6.33. The van der Waals surface area contributed by atoms with E-state index in [4.69, 9.17) is 0 Å². The van der Waals surface area contributed by atoms with Gasteiger partial charge >= 0.3 is 6.03 Å². The molecule has 1 unspecified atom stereocenters. The number of carbonyl (C=O) groups is 1. The van der Waals surface area contributed by atoms with Gasteiger partial charge in [-0.2, -0.15) is 0 Å². The summed E-state index contributed by atoms with van der Waals surface area (Å²) in [5.41, 5.74) is 3.65. The Labute approximate surface area is 147 Å². The Balaban J connectivity index is 1.37. The highest BCUT2D eigenvalue weighted by atomic mass is 16.3. The summed E-state index contributed by atoms with van der Waals surface area (Å²) in [6.07, 6.45) is 3.82. The standard InChI is InChI=1S/C19H24N4O2/c24-18(12-22-19(25)21-11-15-4-3-8-20-10-15)14-23-9-7-16-5-1-2-6-17(16)13-23/h1-6,8,10,18,24H,7,9,11-14H2,(H2,21,22,25). The maximum Gasteiger partial charge on any atom is 0.315 e. The Morgan fingerprint density at radius 3 is 2.84 bits per heavy atom. The summed E-state index contributed by atoms with van der Waals surface area (Å²) in [6, 6.07) is 11.9. The fraction of sp³-hybridized carbons (Fsp3) is 0.368. The van der Waals surface area contributed by atoms with Crippen LogP contribution in [0.15, 0.2) is 48.8 Å². The Bertz CT molecular complexity index is 693. The smallest absolute Gasteiger partial charge is 0.315 e. The van der Waals surface area contributed by atoms with Gasteiger partial charge in [0.05, 0.1) is 6.10 Å². The lowest BCUT2D eigenvalue weighted by molar-refractivity contribution is 0.105. The number of carbonyl (C=O) groups excluding carboxylic acids is 1. The molecule has 1 aromatic carbocycles. The van der Waals surface area contributed by atoms with Crippen LogP contribution in [-0.2, 0) is 19.5 Å². The number of nitrogens with zero attached hydrogens (tertiary/aromatic N) is 2. The quantitative estimate of drug-likeness (QED) is 0.741. The summed E-state index contributed by atoms with van der Waals surface area (Å²) < 4.78 is 0. The summed E-state index contributed by atoms with van der Waals surface area (Å²) in [7, 11) is 0. The minimum Gasteiger partial charge on any atom is -0.390 e. The predicted molar refractivity (Wildman–Crippen MR) is 95.9 cm³/mol. The van der Waals surface area contributed by atoms with Crippen molar-refractivity contribution in [3.05, 3.63) is 65.5 Å². The molecular formula is C19H24N4O2. The Morgan fingerprint density at radius 1 is 1.20 bits per heavy atom. The number of β-amino-alcohol motifs (C(OH)–C–C–N with tert-alkyl or cyclic N) is 1. The van der Waals surface area contributed by atoms with Crippen molar-refractivity contribution in [2.24, 2.45) is 0 Å². The summed E-state index contributed by atoms with van der Waals surface area (Å²) >= 11 is 0. The van der Waals surface area contributed by atoms with Gasteiger partial charge in [-0.25, -0.2) is 4.79 Å². The molecule has 132 valence electrons. The molecule has 2 amide bonds. The van der Waals surface area contributed by atoms with E-state index >= 15 is 0 Å². The lowest BCUT2D eigenvalue weighted by atomic mass is 10.00. The fourth-order valence-corrected chi connectivity index (χ4v) is 3.03. The zero-order chi connectivity index (χ0) is 17.5. The molecule has 2 aromatic rings. The van der Waals surface area contributed by atoms with Crippen molar-refractivity contribution in [1.29, 1.82) is 0 Å². The number of aromatic nitrogens is 1. The minimum atomic E-state index is -0.589. The maximum atomic E-state index is 11.8. The van der Waals surface area contributed by atoms with E-state index in [1.807, 2.05) is 18.2 Å². The molecule has 6 heteroatoms. The SMILES string of the molecule is O=C(NCc1cccnc1)NCC(O)CN1CCc2ccccc2C1. The first kappa shape index (κ1) is 17.4. The Hall–Kier alpha value is -2.44. The number of hydrogen-bond donors (Lipinski definition) is 3. The number of aliphatic hydroxyl groups excluding tert-OH is 1. The lowest BCUT2D eigenvalue weighted by Gasteiger charge is -2.30. The molecule has 6 nitrogen and oxygen atoms in total. The normalized spacial score (nSPS) is 15.2. The second kappa shape index (κ2) is 8.60. The van der Waals surface area contributed by atoms with Gasteiger partial charge in [-0.15, -0.1) is 0 Å². The van der Waals surface area contributed by atoms with Crippen LogP contribution in [0.1, 0.15) is 16.7 Å². The number of benzene rings is 1. The number of nitrogens with one attached hydrogen (secondary N) is 2. The van der Waals surface area contributed by atoms with E-state index in [2.05, 4.69) is 38.7 Å². The summed E-state index contributed by atoms with van der Waals surface area (Å²) in [5, 5.41) is 15.7. The first-order chi connectivity index (χ1) is 12.2. The zero-order valence-corrected chi connectivity index (χ0v) is 14.2. The highest BCUT2D eigenvalue weighted by Crippen LogP contribution is 2.18. The highest BCUT2D eigenvalue weighted by Gasteiger charge is 2.18. The largest absolute Gasteiger partial charge is 0.390 e. The molecule has 2 heterocycles. The van der Waals surface area contributed by atoms with Gasteiger partial charge in [-0.05, 0) is 29.2 Å². The topological polar surface area (TPSA) is 77.5 Å². The Morgan fingerprint density at radius 2 is 2.04 bits per heavy atom. The summed E-state index contributed by atoms with van der Waals surface area (Å²) in [4.78, 5) is 18.0. The van der Waals surface area contributed by atoms with Crippen LogP contribution in [0.2, 0.25) is 0 Å². The third-order valence-corrected chi connectivity index (χ3v) is 4.35. The third-order valence-electron chi connectivity index (χ3n) is 4.35. The van der Waals surface area contributed by atoms with Crippen LogP contribution in [-0.4, -0.2) is 46.8 Å². The molecule has 0 spiro atoms. The van der Waals surface area contributed by atoms with E-state index in [-0.39, 0.29) is 12.6 Å². The average molecular weight is 340 g/mol. The van der Waals surface area contributed by atoms with Crippen molar-refractivity contribution in [1.82, 2.24) is 20.5 Å². The molecule has 0 saturated carbocycles. The molecule has 1 aliphatic heterocycles. The Kier molecular flexibility index (Phi) is 5.98. The molecule has 0 aliphatic carbocycles. The number of fused-ring (bicyclic) bond motifs is 1. The van der Waals surface area contributed by atoms with Crippen molar-refractivity contribution in [2.45, 2.75) is 25.6 Å². The van der Waals surface area contributed by atoms with E-state index in [1.54, 1.807) is 12.4 Å². The number of aliphatic hydroxyl groups is 1. The number of hydrogen-bond acceptors (Lipinski definition) is 4. The lowest BCUT2D eigenvalue weighted by Crippen LogP contribution is -2.44. The fourth-order valence-electron chi connectivity index (χ4n) is 3.03. The molecule has 0 bridgehead atoms. The molecule has 1 aliphatic rings. The minimum absolute atomic E-state index is 0.233. The van der Waals surface area contributed by atoms with Crippen LogP contribution >= 0.6 is 0 Å². The van der Waals surface area contributed by atoms with Gasteiger partial charge < -0.3 is 15.7 Å². The van der Waals surface area contributed by atoms with E-state index < -0.39 is 6.10 Å². The summed E-state index contributed by atoms with van der Waals surface area (Å²) in [5.74, 6) is 0. The molecule has 1 atom stereocenters. The van der Waals surface area contributed by atoms with Gasteiger partial charge in [0.15, 0.2) is 0 Å². The molecule has 1 aromatic heterocycles. The molecule has 0 fully saturated rings. The van der Waals surface area contributed by atoms with Gasteiger partial charge in [-0.1, -0.05) is 30.3 Å². The van der Waals surface area contributed by atoms with E-state index in [1.165, 1.54) is 11.1 Å². The zero-order valence-electron chi connectivity index (χ0n) is 14.2. The van der Waals surface area contributed by atoms with Gasteiger partial charge in [0, 0.05) is 45.1 Å². The van der Waals surface area contributed by atoms with Gasteiger partial charge in [0.25, 0.3) is 0 Å². The first-order valence-electron chi connectivity index (χ1n) is 8.58. The third kappa shape index (κ3) is 5.27. The van der Waals surface area contributed by atoms with E-state index in [0.29, 0.717) is 13.1 Å². The van der Waals surface area contributed by atoms with Crippen LogP contribution in [0.3, 0.4) is 0 Å². The number of rotatable bonds is 6.